The number of aromatic amines is 1. The number of rotatable bonds is 5. The van der Waals surface area contributed by atoms with Crippen molar-refractivity contribution in [3.63, 3.8) is 0 Å². The quantitative estimate of drug-likeness (QED) is 0.873. The lowest BCUT2D eigenvalue weighted by molar-refractivity contribution is 0.0927. The number of aromatic nitrogens is 2. The molecule has 6 nitrogen and oxygen atoms in total. The predicted octanol–water partition coefficient (Wildman–Crippen LogP) is 1.76. The van der Waals surface area contributed by atoms with Crippen LogP contribution in [0.3, 0.4) is 0 Å². The number of benzene rings is 1. The zero-order valence-corrected chi connectivity index (χ0v) is 14.0. The van der Waals surface area contributed by atoms with Crippen molar-refractivity contribution in [1.29, 1.82) is 0 Å². The van der Waals surface area contributed by atoms with Gasteiger partial charge in [0.1, 0.15) is 5.56 Å². The van der Waals surface area contributed by atoms with Gasteiger partial charge in [-0.2, -0.15) is 0 Å². The van der Waals surface area contributed by atoms with E-state index in [4.69, 9.17) is 11.6 Å². The lowest BCUT2D eigenvalue weighted by atomic mass is 10.1. The van der Waals surface area contributed by atoms with E-state index in [2.05, 4.69) is 15.3 Å². The zero-order chi connectivity index (χ0) is 17.0. The standard InChI is InChI=1S/C16H19ClN4O2/c1-10-14(15(22)19-9-18-10)16(23)20-13(8-21(2)3)11-4-6-12(17)7-5-11/h4-7,9,13H,8H2,1-3H3,(H,20,23)(H,18,19,22). The van der Waals surface area contributed by atoms with Gasteiger partial charge in [0.25, 0.3) is 11.5 Å². The molecule has 0 aliphatic heterocycles. The lowest BCUT2D eigenvalue weighted by Gasteiger charge is -2.23. The number of aryl methyl sites for hydroxylation is 1. The van der Waals surface area contributed by atoms with Crippen molar-refractivity contribution >= 4 is 17.5 Å². The van der Waals surface area contributed by atoms with Crippen LogP contribution < -0.4 is 10.9 Å². The number of carbonyl (C=O) groups excluding carboxylic acids is 1. The Balaban J connectivity index is 2.29. The van der Waals surface area contributed by atoms with E-state index in [1.165, 1.54) is 6.33 Å². The Labute approximate surface area is 139 Å². The van der Waals surface area contributed by atoms with Crippen LogP contribution in [0.2, 0.25) is 5.02 Å². The monoisotopic (exact) mass is 334 g/mol. The molecule has 0 radical (unpaired) electrons. The molecule has 2 N–H and O–H groups in total. The van der Waals surface area contributed by atoms with Crippen molar-refractivity contribution in [3.8, 4) is 0 Å². The third-order valence-electron chi connectivity index (χ3n) is 3.40. The third-order valence-corrected chi connectivity index (χ3v) is 3.65. The molecule has 1 amide bonds. The summed E-state index contributed by atoms with van der Waals surface area (Å²) in [6, 6.07) is 6.99. The first-order valence-electron chi connectivity index (χ1n) is 7.14. The van der Waals surface area contributed by atoms with E-state index in [1.807, 2.05) is 31.1 Å². The van der Waals surface area contributed by atoms with Gasteiger partial charge in [-0.05, 0) is 38.7 Å². The molecule has 2 aromatic rings. The smallest absolute Gasteiger partial charge is 0.263 e. The van der Waals surface area contributed by atoms with E-state index in [-0.39, 0.29) is 11.6 Å². The minimum atomic E-state index is -0.449. The molecule has 0 saturated heterocycles. The summed E-state index contributed by atoms with van der Waals surface area (Å²) in [5.41, 5.74) is 0.889. The summed E-state index contributed by atoms with van der Waals surface area (Å²) in [4.78, 5) is 32.7. The van der Waals surface area contributed by atoms with E-state index in [1.54, 1.807) is 19.1 Å². The Bertz CT molecular complexity index is 740. The molecule has 1 aromatic heterocycles. The SMILES string of the molecule is Cc1nc[nH]c(=O)c1C(=O)NC(CN(C)C)c1ccc(Cl)cc1. The second-order valence-corrected chi connectivity index (χ2v) is 5.97. The van der Waals surface area contributed by atoms with Gasteiger partial charge in [-0.1, -0.05) is 23.7 Å². The van der Waals surface area contributed by atoms with Crippen molar-refractivity contribution in [3.05, 3.63) is 62.8 Å². The molecule has 1 atom stereocenters. The predicted molar refractivity (Wildman–Crippen MR) is 89.8 cm³/mol. The topological polar surface area (TPSA) is 78.1 Å². The normalized spacial score (nSPS) is 12.2. The number of nitrogens with zero attached hydrogens (tertiary/aromatic N) is 2. The molecule has 0 aliphatic carbocycles. The van der Waals surface area contributed by atoms with Gasteiger partial charge in [0.05, 0.1) is 18.1 Å². The molecule has 1 heterocycles. The van der Waals surface area contributed by atoms with Crippen LogP contribution in [0.5, 0.6) is 0 Å². The molecular formula is C16H19ClN4O2. The molecule has 0 spiro atoms. The highest BCUT2D eigenvalue weighted by atomic mass is 35.5. The van der Waals surface area contributed by atoms with E-state index in [0.717, 1.165) is 5.56 Å². The summed E-state index contributed by atoms with van der Waals surface area (Å²) in [7, 11) is 3.83. The number of H-pyrrole nitrogens is 1. The minimum absolute atomic E-state index is 0.0326. The Morgan fingerprint density at radius 1 is 1.35 bits per heavy atom. The Hall–Kier alpha value is -2.18. The minimum Gasteiger partial charge on any atom is -0.344 e. The average Bonchev–Trinajstić information content (AvgIpc) is 2.46. The number of nitrogens with one attached hydrogen (secondary N) is 2. The van der Waals surface area contributed by atoms with Crippen LogP contribution >= 0.6 is 11.6 Å². The Kier molecular flexibility index (Phi) is 5.52. The van der Waals surface area contributed by atoms with Crippen molar-refractivity contribution < 1.29 is 4.79 Å². The molecule has 0 fully saturated rings. The van der Waals surface area contributed by atoms with Crippen molar-refractivity contribution in [2.75, 3.05) is 20.6 Å². The van der Waals surface area contributed by atoms with Gasteiger partial charge in [-0.3, -0.25) is 9.59 Å². The highest BCUT2D eigenvalue weighted by Gasteiger charge is 2.20. The summed E-state index contributed by atoms with van der Waals surface area (Å²) in [5, 5.41) is 3.53. The van der Waals surface area contributed by atoms with E-state index >= 15 is 0 Å². The molecule has 1 aromatic carbocycles. The van der Waals surface area contributed by atoms with Crippen LogP contribution in [0.25, 0.3) is 0 Å². The summed E-state index contributed by atoms with van der Waals surface area (Å²) < 4.78 is 0. The molecule has 2 rings (SSSR count). The third kappa shape index (κ3) is 4.40. The maximum atomic E-state index is 12.5. The fourth-order valence-corrected chi connectivity index (χ4v) is 2.41. The Morgan fingerprint density at radius 2 is 2.00 bits per heavy atom. The number of halogens is 1. The molecule has 7 heteroatoms. The van der Waals surface area contributed by atoms with Crippen LogP contribution in [0.15, 0.2) is 35.4 Å². The fraction of sp³-hybridized carbons (Fsp3) is 0.312. The largest absolute Gasteiger partial charge is 0.344 e. The summed E-state index contributed by atoms with van der Waals surface area (Å²) in [6.45, 7) is 2.22. The van der Waals surface area contributed by atoms with Gasteiger partial charge in [0, 0.05) is 11.6 Å². The van der Waals surface area contributed by atoms with Crippen LogP contribution in [0, 0.1) is 6.92 Å². The molecule has 23 heavy (non-hydrogen) atoms. The molecule has 1 unspecified atom stereocenters. The number of hydrogen-bond donors (Lipinski definition) is 2. The van der Waals surface area contributed by atoms with Crippen molar-refractivity contribution in [1.82, 2.24) is 20.2 Å². The molecular weight excluding hydrogens is 316 g/mol. The zero-order valence-electron chi connectivity index (χ0n) is 13.3. The van der Waals surface area contributed by atoms with Gasteiger partial charge in [-0.15, -0.1) is 0 Å². The number of amides is 1. The van der Waals surface area contributed by atoms with Gasteiger partial charge in [-0.25, -0.2) is 4.98 Å². The van der Waals surface area contributed by atoms with Gasteiger partial charge in [0.15, 0.2) is 0 Å². The molecule has 122 valence electrons. The molecule has 0 saturated carbocycles. The average molecular weight is 335 g/mol. The molecule has 0 bridgehead atoms. The van der Waals surface area contributed by atoms with Crippen LogP contribution in [-0.4, -0.2) is 41.4 Å². The van der Waals surface area contributed by atoms with Crippen LogP contribution in [0.1, 0.15) is 27.7 Å². The second-order valence-electron chi connectivity index (χ2n) is 5.53. The first kappa shape index (κ1) is 17.2. The summed E-state index contributed by atoms with van der Waals surface area (Å²) in [6.07, 6.45) is 1.28. The number of likely N-dealkylation sites (N-methyl/N-ethyl adjacent to an activating group) is 1. The van der Waals surface area contributed by atoms with Crippen molar-refractivity contribution in [2.45, 2.75) is 13.0 Å². The first-order valence-corrected chi connectivity index (χ1v) is 7.51. The highest BCUT2D eigenvalue weighted by Crippen LogP contribution is 2.18. The fourth-order valence-electron chi connectivity index (χ4n) is 2.28. The van der Waals surface area contributed by atoms with E-state index in [0.29, 0.717) is 17.3 Å². The molecule has 0 aliphatic rings. The van der Waals surface area contributed by atoms with E-state index < -0.39 is 11.5 Å². The first-order chi connectivity index (χ1) is 10.9. The maximum Gasteiger partial charge on any atom is 0.263 e. The highest BCUT2D eigenvalue weighted by molar-refractivity contribution is 6.30. The lowest BCUT2D eigenvalue weighted by Crippen LogP contribution is -2.38. The van der Waals surface area contributed by atoms with Gasteiger partial charge in [0.2, 0.25) is 0 Å². The Morgan fingerprint density at radius 3 is 2.57 bits per heavy atom. The second kappa shape index (κ2) is 7.39. The summed E-state index contributed by atoms with van der Waals surface area (Å²) in [5.74, 6) is -0.446. The van der Waals surface area contributed by atoms with Crippen LogP contribution in [-0.2, 0) is 0 Å². The van der Waals surface area contributed by atoms with E-state index in [9.17, 15) is 9.59 Å². The maximum absolute atomic E-state index is 12.5. The van der Waals surface area contributed by atoms with Gasteiger partial charge >= 0.3 is 0 Å². The summed E-state index contributed by atoms with van der Waals surface area (Å²) >= 11 is 5.91. The van der Waals surface area contributed by atoms with Crippen molar-refractivity contribution in [2.24, 2.45) is 0 Å². The van der Waals surface area contributed by atoms with Gasteiger partial charge < -0.3 is 15.2 Å². The van der Waals surface area contributed by atoms with Crippen LogP contribution in [0.4, 0.5) is 0 Å². The number of carbonyl (C=O) groups is 1. The number of hydrogen-bond acceptors (Lipinski definition) is 4.